The third-order valence-electron chi connectivity index (χ3n) is 3.42. The predicted octanol–water partition coefficient (Wildman–Crippen LogP) is 4.08. The largest absolute Gasteiger partial charge is 0.431 e. The Morgan fingerprint density at radius 3 is 2.79 bits per heavy atom. The van der Waals surface area contributed by atoms with E-state index in [0.29, 0.717) is 16.4 Å². The van der Waals surface area contributed by atoms with Gasteiger partial charge in [0.05, 0.1) is 11.8 Å². The summed E-state index contributed by atoms with van der Waals surface area (Å²) in [7, 11) is 0. The van der Waals surface area contributed by atoms with Gasteiger partial charge in [0.15, 0.2) is 17.2 Å². The Labute approximate surface area is 141 Å². The number of benzene rings is 2. The molecule has 0 saturated heterocycles. The van der Waals surface area contributed by atoms with Gasteiger partial charge in [-0.3, -0.25) is 4.79 Å². The molecule has 1 amide bonds. The normalized spacial score (nSPS) is 12.3. The van der Waals surface area contributed by atoms with Gasteiger partial charge in [-0.15, -0.1) is 0 Å². The van der Waals surface area contributed by atoms with Crippen molar-refractivity contribution in [3.8, 4) is 0 Å². The lowest BCUT2D eigenvalue weighted by Crippen LogP contribution is -2.28. The number of amides is 1. The highest BCUT2D eigenvalue weighted by atomic mass is 32.2. The number of rotatable bonds is 5. The van der Waals surface area contributed by atoms with Gasteiger partial charge in [0, 0.05) is 0 Å². The van der Waals surface area contributed by atoms with Crippen molar-refractivity contribution in [3.63, 3.8) is 0 Å². The summed E-state index contributed by atoms with van der Waals surface area (Å²) in [4.78, 5) is 16.3. The zero-order chi connectivity index (χ0) is 17.1. The molecule has 0 radical (unpaired) electrons. The number of aromatic nitrogens is 1. The Balaban J connectivity index is 1.57. The highest BCUT2D eigenvalue weighted by Crippen LogP contribution is 2.23. The van der Waals surface area contributed by atoms with Gasteiger partial charge in [0.2, 0.25) is 5.91 Å². The first kappa shape index (κ1) is 16.4. The van der Waals surface area contributed by atoms with Crippen molar-refractivity contribution in [2.75, 3.05) is 5.75 Å². The summed E-state index contributed by atoms with van der Waals surface area (Å²) < 4.78 is 31.7. The summed E-state index contributed by atoms with van der Waals surface area (Å²) in [5.74, 6) is -1.99. The molecule has 24 heavy (non-hydrogen) atoms. The van der Waals surface area contributed by atoms with Crippen LogP contribution >= 0.6 is 11.8 Å². The molecule has 0 bridgehead atoms. The monoisotopic (exact) mass is 348 g/mol. The minimum atomic E-state index is -0.936. The smallest absolute Gasteiger partial charge is 0.257 e. The van der Waals surface area contributed by atoms with Crippen molar-refractivity contribution < 1.29 is 18.0 Å². The standard InChI is InChI=1S/C17H14F2N2O2S/c1-10(11-6-7-12(18)13(19)8-11)20-16(22)9-24-17-21-14-4-2-3-5-15(14)23-17/h2-8,10H,9H2,1H3,(H,20,22). The first-order chi connectivity index (χ1) is 11.5. The SMILES string of the molecule is CC(NC(=O)CSc1nc2ccccc2o1)c1ccc(F)c(F)c1. The van der Waals surface area contributed by atoms with Crippen molar-refractivity contribution in [1.29, 1.82) is 0 Å². The number of fused-ring (bicyclic) bond motifs is 1. The third-order valence-corrected chi connectivity index (χ3v) is 4.25. The number of para-hydroxylation sites is 2. The summed E-state index contributed by atoms with van der Waals surface area (Å²) >= 11 is 1.17. The maximum Gasteiger partial charge on any atom is 0.257 e. The Kier molecular flexibility index (Phi) is 4.80. The predicted molar refractivity (Wildman–Crippen MR) is 87.6 cm³/mol. The van der Waals surface area contributed by atoms with E-state index in [2.05, 4.69) is 10.3 Å². The molecule has 1 unspecified atom stereocenters. The molecule has 0 spiro atoms. The number of nitrogens with zero attached hydrogens (tertiary/aromatic N) is 1. The second-order valence-electron chi connectivity index (χ2n) is 5.20. The van der Waals surface area contributed by atoms with Gasteiger partial charge in [0.25, 0.3) is 5.22 Å². The van der Waals surface area contributed by atoms with Gasteiger partial charge >= 0.3 is 0 Å². The van der Waals surface area contributed by atoms with Crippen LogP contribution in [0.25, 0.3) is 11.1 Å². The van der Waals surface area contributed by atoms with Crippen molar-refractivity contribution in [2.45, 2.75) is 18.2 Å². The van der Waals surface area contributed by atoms with E-state index in [4.69, 9.17) is 4.42 Å². The first-order valence-corrected chi connectivity index (χ1v) is 8.24. The number of hydrogen-bond donors (Lipinski definition) is 1. The van der Waals surface area contributed by atoms with Gasteiger partial charge in [-0.25, -0.2) is 13.8 Å². The molecule has 7 heteroatoms. The number of oxazole rings is 1. The second-order valence-corrected chi connectivity index (χ2v) is 6.13. The van der Waals surface area contributed by atoms with Gasteiger partial charge in [-0.1, -0.05) is 30.0 Å². The number of thioether (sulfide) groups is 1. The fraction of sp³-hybridized carbons (Fsp3) is 0.176. The molecular weight excluding hydrogens is 334 g/mol. The van der Waals surface area contributed by atoms with E-state index < -0.39 is 17.7 Å². The average Bonchev–Trinajstić information content (AvgIpc) is 2.98. The fourth-order valence-corrected chi connectivity index (χ4v) is 2.84. The molecule has 2 aromatic carbocycles. The minimum absolute atomic E-state index is 0.112. The Morgan fingerprint density at radius 1 is 1.25 bits per heavy atom. The van der Waals surface area contributed by atoms with E-state index in [0.717, 1.165) is 17.6 Å². The molecular formula is C17H14F2N2O2S. The zero-order valence-corrected chi connectivity index (χ0v) is 13.6. The molecule has 0 aliphatic carbocycles. The summed E-state index contributed by atoms with van der Waals surface area (Å²) in [6, 6.07) is 10.5. The van der Waals surface area contributed by atoms with Crippen molar-refractivity contribution in [1.82, 2.24) is 10.3 Å². The Hall–Kier alpha value is -2.41. The van der Waals surface area contributed by atoms with Crippen LogP contribution in [-0.2, 0) is 4.79 Å². The lowest BCUT2D eigenvalue weighted by molar-refractivity contribution is -0.119. The van der Waals surface area contributed by atoms with E-state index in [-0.39, 0.29) is 11.7 Å². The van der Waals surface area contributed by atoms with Gasteiger partial charge < -0.3 is 9.73 Å². The van der Waals surface area contributed by atoms with Crippen molar-refractivity contribution >= 4 is 28.8 Å². The number of carbonyl (C=O) groups excluding carboxylic acids is 1. The topological polar surface area (TPSA) is 55.1 Å². The summed E-state index contributed by atoms with van der Waals surface area (Å²) in [6.07, 6.45) is 0. The van der Waals surface area contributed by atoms with Crippen LogP contribution in [0.5, 0.6) is 0 Å². The van der Waals surface area contributed by atoms with Gasteiger partial charge in [0.1, 0.15) is 5.52 Å². The Morgan fingerprint density at radius 2 is 2.04 bits per heavy atom. The van der Waals surface area contributed by atoms with Crippen LogP contribution in [0, 0.1) is 11.6 Å². The molecule has 0 aliphatic rings. The van der Waals surface area contributed by atoms with E-state index in [1.165, 1.54) is 17.8 Å². The van der Waals surface area contributed by atoms with Crippen LogP contribution < -0.4 is 5.32 Å². The Bertz CT molecular complexity index is 849. The van der Waals surface area contributed by atoms with Gasteiger partial charge in [-0.05, 0) is 36.8 Å². The molecule has 1 atom stereocenters. The van der Waals surface area contributed by atoms with Crippen LogP contribution in [0.3, 0.4) is 0 Å². The lowest BCUT2D eigenvalue weighted by Gasteiger charge is -2.14. The number of hydrogen-bond acceptors (Lipinski definition) is 4. The molecule has 3 aromatic rings. The third kappa shape index (κ3) is 3.73. The zero-order valence-electron chi connectivity index (χ0n) is 12.8. The first-order valence-electron chi connectivity index (χ1n) is 7.25. The molecule has 0 saturated carbocycles. The molecule has 4 nitrogen and oxygen atoms in total. The molecule has 1 N–H and O–H groups in total. The summed E-state index contributed by atoms with van der Waals surface area (Å²) in [6.45, 7) is 1.70. The van der Waals surface area contributed by atoms with E-state index >= 15 is 0 Å². The van der Waals surface area contributed by atoms with Crippen molar-refractivity contribution in [3.05, 3.63) is 59.7 Å². The fourth-order valence-electron chi connectivity index (χ4n) is 2.19. The molecule has 124 valence electrons. The second kappa shape index (κ2) is 7.00. The van der Waals surface area contributed by atoms with Crippen LogP contribution in [0.2, 0.25) is 0 Å². The molecule has 1 aromatic heterocycles. The van der Waals surface area contributed by atoms with Crippen LogP contribution in [0.15, 0.2) is 52.1 Å². The van der Waals surface area contributed by atoms with Crippen molar-refractivity contribution in [2.24, 2.45) is 0 Å². The van der Waals surface area contributed by atoms with Gasteiger partial charge in [-0.2, -0.15) is 0 Å². The maximum atomic E-state index is 13.2. The summed E-state index contributed by atoms with van der Waals surface area (Å²) in [5, 5.41) is 3.14. The molecule has 3 rings (SSSR count). The van der Waals surface area contributed by atoms with E-state index in [1.807, 2.05) is 18.2 Å². The molecule has 0 aliphatic heterocycles. The van der Waals surface area contributed by atoms with E-state index in [9.17, 15) is 13.6 Å². The minimum Gasteiger partial charge on any atom is -0.431 e. The number of halogens is 2. The van der Waals surface area contributed by atoms with Crippen LogP contribution in [0.1, 0.15) is 18.5 Å². The van der Waals surface area contributed by atoms with E-state index in [1.54, 1.807) is 13.0 Å². The quantitative estimate of drug-likeness (QED) is 0.706. The highest BCUT2D eigenvalue weighted by Gasteiger charge is 2.14. The highest BCUT2D eigenvalue weighted by molar-refractivity contribution is 7.99. The summed E-state index contributed by atoms with van der Waals surface area (Å²) in [5.41, 5.74) is 1.89. The van der Waals surface area contributed by atoms with Crippen LogP contribution in [0.4, 0.5) is 8.78 Å². The average molecular weight is 348 g/mol. The van der Waals surface area contributed by atoms with Crippen LogP contribution in [-0.4, -0.2) is 16.6 Å². The maximum absolute atomic E-state index is 13.2. The number of nitrogens with one attached hydrogen (secondary N) is 1. The lowest BCUT2D eigenvalue weighted by atomic mass is 10.1. The molecule has 0 fully saturated rings. The molecule has 1 heterocycles. The number of carbonyl (C=O) groups is 1.